The van der Waals surface area contributed by atoms with E-state index in [9.17, 15) is 4.79 Å². The number of rotatable bonds is 5. The Bertz CT molecular complexity index is 428. The SMILES string of the molecule is CCC(NC(=O)c1cnc(NN)cn1)C1CCCCC1. The molecule has 1 amide bonds. The molecule has 1 saturated carbocycles. The molecule has 1 atom stereocenters. The Kier molecular flexibility index (Phi) is 5.29. The number of aromatic nitrogens is 2. The molecule has 110 valence electrons. The summed E-state index contributed by atoms with van der Waals surface area (Å²) in [6.45, 7) is 2.12. The number of amides is 1. The van der Waals surface area contributed by atoms with Gasteiger partial charge in [-0.2, -0.15) is 0 Å². The van der Waals surface area contributed by atoms with Crippen molar-refractivity contribution in [3.05, 3.63) is 18.1 Å². The molecule has 0 aromatic carbocycles. The van der Waals surface area contributed by atoms with Crippen LogP contribution in [0.25, 0.3) is 0 Å². The third-order valence-electron chi connectivity index (χ3n) is 4.01. The van der Waals surface area contributed by atoms with Gasteiger partial charge in [-0.05, 0) is 25.2 Å². The van der Waals surface area contributed by atoms with Crippen LogP contribution in [0, 0.1) is 5.92 Å². The number of carbonyl (C=O) groups is 1. The Morgan fingerprint density at radius 2 is 2.10 bits per heavy atom. The van der Waals surface area contributed by atoms with E-state index in [-0.39, 0.29) is 11.9 Å². The molecular formula is C14H23N5O. The minimum atomic E-state index is -0.154. The third kappa shape index (κ3) is 3.66. The number of nitrogen functional groups attached to an aromatic ring is 1. The van der Waals surface area contributed by atoms with Crippen molar-refractivity contribution in [2.45, 2.75) is 51.5 Å². The number of nitrogens with two attached hydrogens (primary N) is 1. The average Bonchev–Trinajstić information content (AvgIpc) is 2.53. The van der Waals surface area contributed by atoms with Crippen LogP contribution in [0.1, 0.15) is 55.9 Å². The number of anilines is 1. The molecular weight excluding hydrogens is 254 g/mol. The monoisotopic (exact) mass is 277 g/mol. The summed E-state index contributed by atoms with van der Waals surface area (Å²) in [5, 5.41) is 3.10. The molecule has 0 saturated heterocycles. The first kappa shape index (κ1) is 14.7. The van der Waals surface area contributed by atoms with Gasteiger partial charge in [-0.25, -0.2) is 15.8 Å². The summed E-state index contributed by atoms with van der Waals surface area (Å²) >= 11 is 0. The topological polar surface area (TPSA) is 92.9 Å². The van der Waals surface area contributed by atoms with Crippen molar-refractivity contribution in [1.82, 2.24) is 15.3 Å². The first-order valence-electron chi connectivity index (χ1n) is 7.34. The summed E-state index contributed by atoms with van der Waals surface area (Å²) in [6, 6.07) is 0.233. The molecule has 0 aliphatic heterocycles. The number of nitrogens with zero attached hydrogens (tertiary/aromatic N) is 2. The van der Waals surface area contributed by atoms with Gasteiger partial charge in [0.25, 0.3) is 5.91 Å². The van der Waals surface area contributed by atoms with Crippen molar-refractivity contribution in [1.29, 1.82) is 0 Å². The highest BCUT2D eigenvalue weighted by Crippen LogP contribution is 2.27. The fourth-order valence-electron chi connectivity index (χ4n) is 2.85. The van der Waals surface area contributed by atoms with Crippen LogP contribution < -0.4 is 16.6 Å². The van der Waals surface area contributed by atoms with Crippen LogP contribution in [-0.2, 0) is 0 Å². The molecule has 2 rings (SSSR count). The Hall–Kier alpha value is -1.69. The van der Waals surface area contributed by atoms with E-state index < -0.39 is 0 Å². The molecule has 0 radical (unpaired) electrons. The maximum absolute atomic E-state index is 12.2. The minimum absolute atomic E-state index is 0.154. The van der Waals surface area contributed by atoms with Crippen molar-refractivity contribution in [2.75, 3.05) is 5.43 Å². The summed E-state index contributed by atoms with van der Waals surface area (Å²) in [7, 11) is 0. The van der Waals surface area contributed by atoms with Crippen molar-refractivity contribution < 1.29 is 4.79 Å². The van der Waals surface area contributed by atoms with E-state index >= 15 is 0 Å². The van der Waals surface area contributed by atoms with Gasteiger partial charge in [0.15, 0.2) is 5.82 Å². The highest BCUT2D eigenvalue weighted by molar-refractivity contribution is 5.92. The van der Waals surface area contributed by atoms with E-state index in [1.165, 1.54) is 44.5 Å². The normalized spacial score (nSPS) is 17.5. The molecule has 1 fully saturated rings. The van der Waals surface area contributed by atoms with Gasteiger partial charge >= 0.3 is 0 Å². The molecule has 1 aliphatic rings. The summed E-state index contributed by atoms with van der Waals surface area (Å²) < 4.78 is 0. The Morgan fingerprint density at radius 1 is 1.35 bits per heavy atom. The standard InChI is InChI=1S/C14H23N5O/c1-2-11(10-6-4-3-5-7-10)18-14(20)12-8-17-13(19-15)9-16-12/h8-11H,2-7,15H2,1H3,(H,17,19)(H,18,20). The van der Waals surface area contributed by atoms with Crippen molar-refractivity contribution in [3.8, 4) is 0 Å². The van der Waals surface area contributed by atoms with Crippen LogP contribution >= 0.6 is 0 Å². The van der Waals surface area contributed by atoms with Gasteiger partial charge in [-0.3, -0.25) is 4.79 Å². The lowest BCUT2D eigenvalue weighted by Gasteiger charge is -2.30. The predicted octanol–water partition coefficient (Wildman–Crippen LogP) is 1.85. The van der Waals surface area contributed by atoms with E-state index in [1.54, 1.807) is 0 Å². The fraction of sp³-hybridized carbons (Fsp3) is 0.643. The minimum Gasteiger partial charge on any atom is -0.348 e. The van der Waals surface area contributed by atoms with Crippen molar-refractivity contribution in [3.63, 3.8) is 0 Å². The Morgan fingerprint density at radius 3 is 2.65 bits per heavy atom. The largest absolute Gasteiger partial charge is 0.348 e. The molecule has 1 aromatic rings. The number of hydrazine groups is 1. The van der Waals surface area contributed by atoms with Gasteiger partial charge in [0, 0.05) is 6.04 Å². The summed E-state index contributed by atoms with van der Waals surface area (Å²) in [5.41, 5.74) is 2.72. The first-order valence-corrected chi connectivity index (χ1v) is 7.34. The molecule has 20 heavy (non-hydrogen) atoms. The molecule has 1 heterocycles. The van der Waals surface area contributed by atoms with Gasteiger partial charge < -0.3 is 10.7 Å². The molecule has 6 heteroatoms. The highest BCUT2D eigenvalue weighted by Gasteiger charge is 2.24. The van der Waals surface area contributed by atoms with Crippen LogP contribution in [0.15, 0.2) is 12.4 Å². The van der Waals surface area contributed by atoms with Gasteiger partial charge in [0.05, 0.1) is 12.4 Å². The zero-order valence-corrected chi connectivity index (χ0v) is 11.9. The predicted molar refractivity (Wildman–Crippen MR) is 78.0 cm³/mol. The summed E-state index contributed by atoms with van der Waals surface area (Å²) in [6.07, 6.45) is 10.1. The molecule has 0 bridgehead atoms. The van der Waals surface area contributed by atoms with Crippen molar-refractivity contribution in [2.24, 2.45) is 11.8 Å². The zero-order chi connectivity index (χ0) is 14.4. The number of nitrogens with one attached hydrogen (secondary N) is 2. The van der Waals surface area contributed by atoms with Gasteiger partial charge in [0.2, 0.25) is 0 Å². The Labute approximate surface area is 119 Å². The summed E-state index contributed by atoms with van der Waals surface area (Å²) in [5.74, 6) is 6.11. The second kappa shape index (κ2) is 7.19. The van der Waals surface area contributed by atoms with Crippen LogP contribution in [0.5, 0.6) is 0 Å². The molecule has 0 spiro atoms. The highest BCUT2D eigenvalue weighted by atomic mass is 16.1. The van der Waals surface area contributed by atoms with Gasteiger partial charge in [-0.15, -0.1) is 0 Å². The zero-order valence-electron chi connectivity index (χ0n) is 11.9. The lowest BCUT2D eigenvalue weighted by atomic mass is 9.83. The number of hydrogen-bond donors (Lipinski definition) is 3. The van der Waals surface area contributed by atoms with Crippen LogP contribution in [0.3, 0.4) is 0 Å². The van der Waals surface area contributed by atoms with E-state index in [0.29, 0.717) is 17.4 Å². The number of carbonyl (C=O) groups excluding carboxylic acids is 1. The molecule has 1 aromatic heterocycles. The molecule has 1 aliphatic carbocycles. The smallest absolute Gasteiger partial charge is 0.271 e. The fourth-order valence-corrected chi connectivity index (χ4v) is 2.85. The van der Waals surface area contributed by atoms with E-state index in [2.05, 4.69) is 27.6 Å². The average molecular weight is 277 g/mol. The number of hydrogen-bond acceptors (Lipinski definition) is 5. The molecule has 6 nitrogen and oxygen atoms in total. The van der Waals surface area contributed by atoms with Crippen LogP contribution in [0.2, 0.25) is 0 Å². The maximum Gasteiger partial charge on any atom is 0.271 e. The Balaban J connectivity index is 1.96. The first-order chi connectivity index (χ1) is 9.74. The quantitative estimate of drug-likeness (QED) is 0.564. The van der Waals surface area contributed by atoms with E-state index in [0.717, 1.165) is 6.42 Å². The van der Waals surface area contributed by atoms with Crippen LogP contribution in [0.4, 0.5) is 5.82 Å². The second-order valence-corrected chi connectivity index (χ2v) is 5.32. The van der Waals surface area contributed by atoms with Crippen LogP contribution in [-0.4, -0.2) is 21.9 Å². The third-order valence-corrected chi connectivity index (χ3v) is 4.01. The van der Waals surface area contributed by atoms with Gasteiger partial charge in [-0.1, -0.05) is 26.2 Å². The van der Waals surface area contributed by atoms with E-state index in [1.807, 2.05) is 0 Å². The maximum atomic E-state index is 12.2. The van der Waals surface area contributed by atoms with Crippen molar-refractivity contribution >= 4 is 11.7 Å². The lowest BCUT2D eigenvalue weighted by Crippen LogP contribution is -2.41. The second-order valence-electron chi connectivity index (χ2n) is 5.32. The lowest BCUT2D eigenvalue weighted by molar-refractivity contribution is 0.0905. The summed E-state index contributed by atoms with van der Waals surface area (Å²) in [4.78, 5) is 20.3. The molecule has 1 unspecified atom stereocenters. The van der Waals surface area contributed by atoms with E-state index in [4.69, 9.17) is 5.84 Å². The van der Waals surface area contributed by atoms with Gasteiger partial charge in [0.1, 0.15) is 5.69 Å². The molecule has 4 N–H and O–H groups in total.